The van der Waals surface area contributed by atoms with Crippen molar-refractivity contribution in [2.45, 2.75) is 52.7 Å². The maximum Gasteiger partial charge on any atom is 0.410 e. The minimum atomic E-state index is -0.999. The van der Waals surface area contributed by atoms with E-state index in [0.29, 0.717) is 61.3 Å². The number of carbonyl (C=O) groups excluding carboxylic acids is 3. The number of carboxylic acids is 1. The Kier molecular flexibility index (Phi) is 16.0. The molecule has 344 valence electrons. The number of nitrogens with two attached hydrogens (primary N) is 1. The molecule has 19 nitrogen and oxygen atoms in total. The molecule has 23 heteroatoms. The molecule has 2 aliphatic rings. The zero-order chi connectivity index (χ0) is 46.7. The van der Waals surface area contributed by atoms with Crippen molar-refractivity contribution in [3.05, 3.63) is 83.6 Å². The van der Waals surface area contributed by atoms with Gasteiger partial charge in [0.25, 0.3) is 5.91 Å². The molecular formula is C42H50N12O7S4. The third kappa shape index (κ3) is 13.8. The number of carboxylic acid groups (broad SMARTS) is 1. The quantitative estimate of drug-likeness (QED) is 0.139. The fraction of sp³-hybridized carbons (Fsp3) is 0.381. The second-order valence-electron chi connectivity index (χ2n) is 16.3. The Balaban J connectivity index is 0.000000179. The number of hydrogen-bond acceptors (Lipinski definition) is 19. The third-order valence-corrected chi connectivity index (χ3v) is 12.7. The van der Waals surface area contributed by atoms with Crippen molar-refractivity contribution in [2.24, 2.45) is 0 Å². The largest absolute Gasteiger partial charge is 0.476 e. The number of amides is 3. The maximum atomic E-state index is 12.8. The van der Waals surface area contributed by atoms with Crippen molar-refractivity contribution in [1.29, 1.82) is 0 Å². The van der Waals surface area contributed by atoms with Crippen LogP contribution in [0.5, 0.6) is 0 Å². The van der Waals surface area contributed by atoms with Gasteiger partial charge >= 0.3 is 18.2 Å². The smallest absolute Gasteiger partial charge is 0.410 e. The van der Waals surface area contributed by atoms with Crippen LogP contribution in [0.3, 0.4) is 0 Å². The average Bonchev–Trinajstić information content (AvgIpc) is 4.12. The number of aromatic nitrogens is 6. The fourth-order valence-corrected chi connectivity index (χ4v) is 9.14. The van der Waals surface area contributed by atoms with Gasteiger partial charge in [-0.2, -0.15) is 8.75 Å². The van der Waals surface area contributed by atoms with Crippen LogP contribution in [0.25, 0.3) is 21.1 Å². The predicted octanol–water partition coefficient (Wildman–Crippen LogP) is 7.66. The summed E-state index contributed by atoms with van der Waals surface area (Å²) in [6, 6.07) is 7.31. The van der Waals surface area contributed by atoms with E-state index < -0.39 is 17.2 Å². The van der Waals surface area contributed by atoms with Gasteiger partial charge in [0.1, 0.15) is 36.9 Å². The van der Waals surface area contributed by atoms with E-state index in [4.69, 9.17) is 20.3 Å². The molecule has 0 atom stereocenters. The Bertz CT molecular complexity index is 2500. The van der Waals surface area contributed by atoms with Gasteiger partial charge in [-0.3, -0.25) is 14.8 Å². The molecule has 6 aromatic rings. The molecule has 4 N–H and O–H groups in total. The van der Waals surface area contributed by atoms with E-state index in [0.717, 1.165) is 39.2 Å². The number of anilines is 4. The number of aromatic carboxylic acids is 1. The van der Waals surface area contributed by atoms with Crippen LogP contribution in [0.4, 0.5) is 31.0 Å². The van der Waals surface area contributed by atoms with Crippen molar-refractivity contribution in [3.8, 4) is 21.1 Å². The maximum absolute atomic E-state index is 12.8. The monoisotopic (exact) mass is 962 g/mol. The normalized spacial score (nSPS) is 14.1. The Morgan fingerprint density at radius 2 is 1.08 bits per heavy atom. The lowest BCUT2D eigenvalue weighted by Gasteiger charge is -2.36. The first-order chi connectivity index (χ1) is 30.9. The van der Waals surface area contributed by atoms with Gasteiger partial charge in [0.15, 0.2) is 5.69 Å². The summed E-state index contributed by atoms with van der Waals surface area (Å²) in [5.74, 6) is -1.28. The SMILES string of the molecule is CC(C)(C)OC(=O)N1CCN(c2sncc2N)CC1.CC(C)(C)OC(=O)N1CCN(c2sncc2NC(=O)c2csc(-c3ccncc3)n2)CC1.O=C(O)c1csc(-c2ccncc2)n1. The molecule has 8 heterocycles. The molecule has 6 aromatic heterocycles. The highest BCUT2D eigenvalue weighted by atomic mass is 32.1. The Morgan fingerprint density at radius 3 is 1.51 bits per heavy atom. The highest BCUT2D eigenvalue weighted by Gasteiger charge is 2.29. The summed E-state index contributed by atoms with van der Waals surface area (Å²) in [6.07, 6.45) is 9.46. The molecule has 3 amide bonds. The van der Waals surface area contributed by atoms with E-state index in [-0.39, 0.29) is 23.8 Å². The number of nitrogens with one attached hydrogen (secondary N) is 1. The van der Waals surface area contributed by atoms with E-state index in [1.54, 1.807) is 64.5 Å². The molecule has 2 fully saturated rings. The van der Waals surface area contributed by atoms with E-state index in [1.807, 2.05) is 53.7 Å². The van der Waals surface area contributed by atoms with Gasteiger partial charge in [-0.1, -0.05) is 0 Å². The van der Waals surface area contributed by atoms with Crippen molar-refractivity contribution in [2.75, 3.05) is 73.2 Å². The third-order valence-electron chi connectivity index (χ3n) is 9.13. The van der Waals surface area contributed by atoms with Gasteiger partial charge in [-0.05, 0) is 88.9 Å². The summed E-state index contributed by atoms with van der Waals surface area (Å²) in [6.45, 7) is 16.3. The molecule has 0 spiro atoms. The van der Waals surface area contributed by atoms with Crippen LogP contribution in [0.15, 0.2) is 72.2 Å². The van der Waals surface area contributed by atoms with E-state index >= 15 is 0 Å². The highest BCUT2D eigenvalue weighted by molar-refractivity contribution is 7.13. The molecule has 8 rings (SSSR count). The van der Waals surface area contributed by atoms with Crippen LogP contribution in [0.1, 0.15) is 62.5 Å². The van der Waals surface area contributed by atoms with Gasteiger partial charge in [0, 0.05) is 99.0 Å². The number of nitrogens with zero attached hydrogens (tertiary/aromatic N) is 10. The lowest BCUT2D eigenvalue weighted by molar-refractivity contribution is 0.0230. The van der Waals surface area contributed by atoms with Gasteiger partial charge in [-0.25, -0.2) is 24.4 Å². The summed E-state index contributed by atoms with van der Waals surface area (Å²) in [5.41, 5.74) is 8.48. The second kappa shape index (κ2) is 21.6. The standard InChI is InChI=1S/C21H24N6O3S2.C12H20N4O2S.C9H6N2O2S/c1-21(2,3)30-20(29)27-10-8-26(9-11-27)19-15(12-23-32-19)24-17(28)16-13-31-18(25-16)14-4-6-22-7-5-14;1-12(2,3)18-11(17)16-6-4-15(5-7-16)10-9(13)8-14-19-10;12-9(13)7-5-14-8(11-7)6-1-3-10-4-2-6/h4-7,12-13H,8-11H2,1-3H3,(H,24,28);8H,4-7,13H2,1-3H3;1-5H,(H,12,13). The molecule has 65 heavy (non-hydrogen) atoms. The van der Waals surface area contributed by atoms with Crippen LogP contribution < -0.4 is 20.9 Å². The lowest BCUT2D eigenvalue weighted by atomic mass is 10.2. The van der Waals surface area contributed by atoms with Crippen molar-refractivity contribution < 1.29 is 33.8 Å². The van der Waals surface area contributed by atoms with Crippen molar-refractivity contribution in [1.82, 2.24) is 38.5 Å². The zero-order valence-electron chi connectivity index (χ0n) is 36.7. The fourth-order valence-electron chi connectivity index (χ4n) is 6.06. The second-order valence-corrected chi connectivity index (χ2v) is 19.6. The Morgan fingerprint density at radius 1 is 0.646 bits per heavy atom. The van der Waals surface area contributed by atoms with Gasteiger partial charge in [0.2, 0.25) is 0 Å². The van der Waals surface area contributed by atoms with Crippen molar-refractivity contribution in [3.63, 3.8) is 0 Å². The summed E-state index contributed by atoms with van der Waals surface area (Å²) < 4.78 is 19.1. The number of ether oxygens (including phenoxy) is 2. The summed E-state index contributed by atoms with van der Waals surface area (Å²) in [7, 11) is 0. The van der Waals surface area contributed by atoms with E-state index in [2.05, 4.69) is 43.8 Å². The number of pyridine rings is 2. The average molecular weight is 963 g/mol. The van der Waals surface area contributed by atoms with Crippen LogP contribution in [-0.4, -0.2) is 131 Å². The molecule has 2 saturated heterocycles. The molecule has 0 aromatic carbocycles. The minimum Gasteiger partial charge on any atom is -0.476 e. The van der Waals surface area contributed by atoms with Gasteiger partial charge < -0.3 is 45.2 Å². The summed E-state index contributed by atoms with van der Waals surface area (Å²) >= 11 is 5.43. The molecule has 0 aliphatic carbocycles. The summed E-state index contributed by atoms with van der Waals surface area (Å²) in [5, 5.41) is 18.2. The van der Waals surface area contributed by atoms with Crippen LogP contribution >= 0.6 is 45.7 Å². The molecule has 0 unspecified atom stereocenters. The van der Waals surface area contributed by atoms with Gasteiger partial charge in [0.05, 0.1) is 23.8 Å². The minimum absolute atomic E-state index is 0.0850. The molecule has 0 bridgehead atoms. The number of rotatable bonds is 7. The topological polar surface area (TPSA) is 235 Å². The Hall–Kier alpha value is -6.30. The van der Waals surface area contributed by atoms with E-state index in [9.17, 15) is 19.2 Å². The number of carbonyl (C=O) groups is 4. The van der Waals surface area contributed by atoms with E-state index in [1.165, 1.54) is 51.1 Å². The zero-order valence-corrected chi connectivity index (χ0v) is 39.9. The first-order valence-electron chi connectivity index (χ1n) is 20.3. The number of hydrogen-bond donors (Lipinski definition) is 3. The van der Waals surface area contributed by atoms with Crippen LogP contribution in [0, 0.1) is 0 Å². The van der Waals surface area contributed by atoms with Crippen molar-refractivity contribution >= 4 is 91.2 Å². The lowest BCUT2D eigenvalue weighted by Crippen LogP contribution is -2.50. The predicted molar refractivity (Wildman–Crippen MR) is 254 cm³/mol. The molecule has 0 radical (unpaired) electrons. The molecular weight excluding hydrogens is 913 g/mol. The van der Waals surface area contributed by atoms with Gasteiger partial charge in [-0.15, -0.1) is 22.7 Å². The molecule has 2 aliphatic heterocycles. The molecule has 0 saturated carbocycles. The van der Waals surface area contributed by atoms with Crippen LogP contribution in [-0.2, 0) is 9.47 Å². The first-order valence-corrected chi connectivity index (χ1v) is 23.6. The number of nitrogen functional groups attached to an aromatic ring is 1. The Labute approximate surface area is 392 Å². The summed E-state index contributed by atoms with van der Waals surface area (Å²) in [4.78, 5) is 71.6. The number of thiazole rings is 2. The number of piperazine rings is 2. The first kappa shape index (κ1) is 48.2. The van der Waals surface area contributed by atoms with Crippen LogP contribution in [0.2, 0.25) is 0 Å². The highest BCUT2D eigenvalue weighted by Crippen LogP contribution is 2.33.